The van der Waals surface area contributed by atoms with E-state index in [0.29, 0.717) is 63.6 Å². The Kier molecular flexibility index (Phi) is 8.29. The van der Waals surface area contributed by atoms with Crippen molar-refractivity contribution in [3.8, 4) is 0 Å². The summed E-state index contributed by atoms with van der Waals surface area (Å²) in [6.45, 7) is 5.74. The fraction of sp³-hybridized carbons (Fsp3) is 0.559. The number of aromatic amines is 1. The van der Waals surface area contributed by atoms with Gasteiger partial charge in [0.2, 0.25) is 23.6 Å². The molecule has 0 radical (unpaired) electrons. The summed E-state index contributed by atoms with van der Waals surface area (Å²) in [5.41, 5.74) is 2.09. The second kappa shape index (κ2) is 12.4. The molecule has 4 aliphatic rings. The van der Waals surface area contributed by atoms with E-state index in [1.807, 2.05) is 50.6 Å². The maximum atomic E-state index is 14.7. The Morgan fingerprint density at radius 1 is 1.09 bits per heavy atom. The van der Waals surface area contributed by atoms with Crippen LogP contribution in [0.5, 0.6) is 0 Å². The molecule has 1 saturated carbocycles. The van der Waals surface area contributed by atoms with Crippen molar-refractivity contribution in [2.75, 3.05) is 39.3 Å². The van der Waals surface area contributed by atoms with Gasteiger partial charge in [0, 0.05) is 98.1 Å². The third kappa shape index (κ3) is 5.46. The molecule has 1 aromatic carbocycles. The number of piperazine rings is 1. The Balaban J connectivity index is 1.15. The van der Waals surface area contributed by atoms with Crippen LogP contribution >= 0.6 is 11.6 Å². The predicted molar refractivity (Wildman–Crippen MR) is 173 cm³/mol. The van der Waals surface area contributed by atoms with Crippen LogP contribution in [0.4, 0.5) is 0 Å². The zero-order valence-corrected chi connectivity index (χ0v) is 27.1. The lowest BCUT2D eigenvalue weighted by Gasteiger charge is -2.56. The molecule has 1 aliphatic carbocycles. The summed E-state index contributed by atoms with van der Waals surface area (Å²) >= 11 is 6.42. The van der Waals surface area contributed by atoms with Crippen molar-refractivity contribution in [1.82, 2.24) is 34.6 Å². The van der Waals surface area contributed by atoms with Crippen LogP contribution in [0.1, 0.15) is 56.7 Å². The number of aryl methyl sites for hydroxylation is 1. The average Bonchev–Trinajstić information content (AvgIpc) is 3.66. The summed E-state index contributed by atoms with van der Waals surface area (Å²) in [7, 11) is 0. The van der Waals surface area contributed by atoms with E-state index in [9.17, 15) is 19.2 Å². The Labute approximate surface area is 273 Å². The van der Waals surface area contributed by atoms with Crippen LogP contribution in [0.3, 0.4) is 0 Å². The van der Waals surface area contributed by atoms with Crippen LogP contribution in [-0.4, -0.2) is 92.1 Å². The van der Waals surface area contributed by atoms with E-state index >= 15 is 0 Å². The highest BCUT2D eigenvalue weighted by Crippen LogP contribution is 2.52. The van der Waals surface area contributed by atoms with Gasteiger partial charge in [-0.1, -0.05) is 18.5 Å². The average molecular weight is 648 g/mol. The molecule has 0 spiro atoms. The second-order valence-electron chi connectivity index (χ2n) is 13.3. The molecule has 12 heteroatoms. The van der Waals surface area contributed by atoms with Gasteiger partial charge in [-0.3, -0.25) is 19.2 Å². The molecule has 2 saturated heterocycles. The van der Waals surface area contributed by atoms with E-state index in [2.05, 4.69) is 15.3 Å². The van der Waals surface area contributed by atoms with E-state index in [4.69, 9.17) is 11.6 Å². The van der Waals surface area contributed by atoms with Gasteiger partial charge < -0.3 is 29.6 Å². The Bertz CT molecular complexity index is 1640. The van der Waals surface area contributed by atoms with E-state index in [1.165, 1.54) is 0 Å². The molecule has 11 nitrogen and oxygen atoms in total. The number of nitrogens with zero attached hydrogens (tertiary/aromatic N) is 5. The van der Waals surface area contributed by atoms with Crippen molar-refractivity contribution in [2.45, 2.75) is 64.0 Å². The predicted octanol–water partition coefficient (Wildman–Crippen LogP) is 3.32. The van der Waals surface area contributed by atoms with Crippen LogP contribution in [0.25, 0.3) is 10.9 Å². The third-order valence-corrected chi connectivity index (χ3v) is 10.9. The molecule has 2 N–H and O–H groups in total. The molecule has 3 aromatic rings. The first-order valence-corrected chi connectivity index (χ1v) is 17.1. The Morgan fingerprint density at radius 3 is 2.54 bits per heavy atom. The fourth-order valence-corrected chi connectivity index (χ4v) is 8.30. The first-order chi connectivity index (χ1) is 22.3. The van der Waals surface area contributed by atoms with E-state index in [1.54, 1.807) is 12.5 Å². The Morgan fingerprint density at radius 2 is 1.85 bits per heavy atom. The number of hydrogen-bond donors (Lipinski definition) is 2. The molecule has 2 aromatic heterocycles. The van der Waals surface area contributed by atoms with Gasteiger partial charge in [0.15, 0.2) is 0 Å². The van der Waals surface area contributed by atoms with Crippen molar-refractivity contribution in [1.29, 1.82) is 0 Å². The molecule has 244 valence electrons. The first kappa shape index (κ1) is 30.8. The number of amides is 4. The standard InChI is InChI=1S/C34H42ClN7O4/c1-2-34-27(33(46)41-16-14-40(15-17-41)31(44)22-4-5-22)18-23(19-29(43)37-9-3-11-39-13-10-36-21-39)32(45)42(34)12-8-25-26-20-24(35)6-7-28(26)38-30(25)34/h6-7,10,13,20-23,27,38H,2-5,8-9,11-12,14-19H2,1H3,(H,37,43)/t23-,27-,34+/m1/s1. The zero-order valence-electron chi connectivity index (χ0n) is 26.3. The van der Waals surface area contributed by atoms with E-state index in [-0.39, 0.29) is 36.0 Å². The van der Waals surface area contributed by atoms with Gasteiger partial charge in [-0.15, -0.1) is 0 Å². The lowest BCUT2D eigenvalue weighted by molar-refractivity contribution is -0.167. The minimum Gasteiger partial charge on any atom is -0.356 e. The molecule has 0 bridgehead atoms. The van der Waals surface area contributed by atoms with Gasteiger partial charge in [-0.05, 0) is 62.3 Å². The topological polar surface area (TPSA) is 124 Å². The summed E-state index contributed by atoms with van der Waals surface area (Å²) < 4.78 is 1.96. The summed E-state index contributed by atoms with van der Waals surface area (Å²) in [5, 5.41) is 4.66. The van der Waals surface area contributed by atoms with Gasteiger partial charge >= 0.3 is 0 Å². The number of aromatic nitrogens is 3. The normalized spacial score (nSPS) is 24.6. The first-order valence-electron chi connectivity index (χ1n) is 16.7. The van der Waals surface area contributed by atoms with Crippen LogP contribution in [0, 0.1) is 17.8 Å². The number of piperidine rings is 1. The second-order valence-corrected chi connectivity index (χ2v) is 13.7. The highest BCUT2D eigenvalue weighted by molar-refractivity contribution is 6.31. The number of H-pyrrole nitrogens is 1. The van der Waals surface area contributed by atoms with Crippen molar-refractivity contribution in [2.24, 2.45) is 17.8 Å². The van der Waals surface area contributed by atoms with Crippen molar-refractivity contribution >= 4 is 46.1 Å². The third-order valence-electron chi connectivity index (χ3n) is 10.7. The van der Waals surface area contributed by atoms with Crippen molar-refractivity contribution in [3.63, 3.8) is 0 Å². The molecule has 3 aliphatic heterocycles. The van der Waals surface area contributed by atoms with Crippen LogP contribution in [-0.2, 0) is 37.7 Å². The van der Waals surface area contributed by atoms with Gasteiger partial charge in [-0.2, -0.15) is 0 Å². The van der Waals surface area contributed by atoms with Gasteiger partial charge in [0.25, 0.3) is 0 Å². The molecule has 3 atom stereocenters. The summed E-state index contributed by atoms with van der Waals surface area (Å²) in [5.74, 6) is -1.03. The molecule has 4 amide bonds. The van der Waals surface area contributed by atoms with Gasteiger partial charge in [0.05, 0.1) is 17.8 Å². The molecule has 0 unspecified atom stereocenters. The number of imidazole rings is 1. The lowest BCUT2D eigenvalue weighted by atomic mass is 9.65. The molecule has 3 fully saturated rings. The molecular formula is C34H42ClN7O4. The number of nitrogens with one attached hydrogen (secondary N) is 2. The lowest BCUT2D eigenvalue weighted by Crippen LogP contribution is -2.66. The Hall–Kier alpha value is -3.86. The quantitative estimate of drug-likeness (QED) is 0.345. The number of rotatable bonds is 9. The van der Waals surface area contributed by atoms with Crippen LogP contribution in [0.2, 0.25) is 5.02 Å². The summed E-state index contributed by atoms with van der Waals surface area (Å²) in [6.07, 6.45) is 9.55. The summed E-state index contributed by atoms with van der Waals surface area (Å²) in [6, 6.07) is 5.77. The maximum absolute atomic E-state index is 14.7. The number of benzene rings is 1. The highest BCUT2D eigenvalue weighted by Gasteiger charge is 2.59. The van der Waals surface area contributed by atoms with Crippen molar-refractivity contribution in [3.05, 3.63) is 53.2 Å². The van der Waals surface area contributed by atoms with Gasteiger partial charge in [0.1, 0.15) is 0 Å². The molecule has 7 rings (SSSR count). The molecule has 46 heavy (non-hydrogen) atoms. The van der Waals surface area contributed by atoms with Gasteiger partial charge in [-0.25, -0.2) is 4.98 Å². The number of hydrogen-bond acceptors (Lipinski definition) is 5. The molecular weight excluding hydrogens is 606 g/mol. The minimum absolute atomic E-state index is 0.00634. The largest absolute Gasteiger partial charge is 0.356 e. The fourth-order valence-electron chi connectivity index (χ4n) is 8.13. The maximum Gasteiger partial charge on any atom is 0.228 e. The van der Waals surface area contributed by atoms with Crippen LogP contribution < -0.4 is 5.32 Å². The highest BCUT2D eigenvalue weighted by atomic mass is 35.5. The summed E-state index contributed by atoms with van der Waals surface area (Å²) in [4.78, 5) is 68.2. The van der Waals surface area contributed by atoms with Crippen molar-refractivity contribution < 1.29 is 19.2 Å². The van der Waals surface area contributed by atoms with Crippen LogP contribution in [0.15, 0.2) is 36.9 Å². The number of fused-ring (bicyclic) bond motifs is 5. The number of halogens is 1. The van der Waals surface area contributed by atoms with E-state index < -0.39 is 17.4 Å². The monoisotopic (exact) mass is 647 g/mol. The molecule has 5 heterocycles. The zero-order chi connectivity index (χ0) is 32.0. The number of carbonyl (C=O) groups is 4. The van der Waals surface area contributed by atoms with E-state index in [0.717, 1.165) is 48.0 Å². The SMILES string of the molecule is CC[C@]12c3[nH]c4ccc(Cl)cc4c3CCN1C(=O)[C@@H](CC(=O)NCCCn1ccnc1)C[C@@H]2C(=O)N1CCN(C(=O)C2CC2)CC1. The number of carbonyl (C=O) groups excluding carboxylic acids is 4. The minimum atomic E-state index is -0.869. The smallest absolute Gasteiger partial charge is 0.228 e.